The van der Waals surface area contributed by atoms with Crippen LogP contribution in [0.25, 0.3) is 0 Å². The Hall–Kier alpha value is -1.95. The highest BCUT2D eigenvalue weighted by molar-refractivity contribution is 9.10. The third kappa shape index (κ3) is 3.04. The maximum Gasteiger partial charge on any atom is 0.307 e. The van der Waals surface area contributed by atoms with E-state index in [-0.39, 0.29) is 5.76 Å². The number of carbonyl (C=O) groups is 1. The van der Waals surface area contributed by atoms with Crippen LogP contribution in [0.3, 0.4) is 0 Å². The number of aromatic nitrogens is 1. The Kier molecular flexibility index (Phi) is 3.88. The molecule has 1 N–H and O–H groups in total. The smallest absolute Gasteiger partial charge is 0.307 e. The quantitative estimate of drug-likeness (QED) is 0.700. The Morgan fingerprint density at radius 1 is 1.39 bits per heavy atom. The van der Waals surface area contributed by atoms with E-state index in [2.05, 4.69) is 31.4 Å². The monoisotopic (exact) mass is 307 g/mol. The molecule has 5 nitrogen and oxygen atoms in total. The van der Waals surface area contributed by atoms with E-state index in [1.165, 1.54) is 0 Å². The van der Waals surface area contributed by atoms with Gasteiger partial charge in [0.05, 0.1) is 11.4 Å². The number of nitrogens with zero attached hydrogens (tertiary/aromatic N) is 2. The van der Waals surface area contributed by atoms with Crippen LogP contribution >= 0.6 is 15.9 Å². The highest BCUT2D eigenvalue weighted by Crippen LogP contribution is 2.13. The number of amides is 1. The number of hydrazone groups is 1. The van der Waals surface area contributed by atoms with Gasteiger partial charge in [0.1, 0.15) is 0 Å². The first kappa shape index (κ1) is 12.5. The number of hydrogen-bond acceptors (Lipinski definition) is 4. The molecular formula is C12H10BrN3O2. The normalized spacial score (nSPS) is 11.3. The molecule has 2 heterocycles. The first-order valence-corrected chi connectivity index (χ1v) is 5.97. The standard InChI is InChI=1S/C12H10BrN3O2/c1-8(9-4-2-3-7-14-9)15-16-12(17)10-5-6-11(13)18-10/h2-7H,1H3,(H,16,17)/b15-8-. The summed E-state index contributed by atoms with van der Waals surface area (Å²) in [6, 6.07) is 8.69. The van der Waals surface area contributed by atoms with E-state index < -0.39 is 5.91 Å². The molecule has 0 fully saturated rings. The van der Waals surface area contributed by atoms with Gasteiger partial charge in [-0.2, -0.15) is 5.10 Å². The molecule has 0 saturated heterocycles. The van der Waals surface area contributed by atoms with Gasteiger partial charge in [-0.3, -0.25) is 9.78 Å². The van der Waals surface area contributed by atoms with E-state index >= 15 is 0 Å². The maximum atomic E-state index is 11.6. The highest BCUT2D eigenvalue weighted by atomic mass is 79.9. The molecule has 0 aliphatic heterocycles. The van der Waals surface area contributed by atoms with Gasteiger partial charge in [0, 0.05) is 6.20 Å². The number of carbonyl (C=O) groups excluding carboxylic acids is 1. The van der Waals surface area contributed by atoms with Gasteiger partial charge < -0.3 is 4.42 Å². The van der Waals surface area contributed by atoms with Crippen molar-refractivity contribution in [3.05, 3.63) is 52.7 Å². The summed E-state index contributed by atoms with van der Waals surface area (Å²) >= 11 is 3.12. The molecule has 0 unspecified atom stereocenters. The molecule has 2 aromatic rings. The van der Waals surface area contributed by atoms with E-state index in [9.17, 15) is 4.79 Å². The van der Waals surface area contributed by atoms with E-state index in [1.807, 2.05) is 18.2 Å². The number of halogens is 1. The van der Waals surface area contributed by atoms with Crippen LogP contribution in [0, 0.1) is 0 Å². The maximum absolute atomic E-state index is 11.6. The third-order valence-electron chi connectivity index (χ3n) is 2.16. The van der Waals surface area contributed by atoms with Crippen molar-refractivity contribution in [1.82, 2.24) is 10.4 Å². The molecule has 92 valence electrons. The van der Waals surface area contributed by atoms with Crippen molar-refractivity contribution in [2.75, 3.05) is 0 Å². The summed E-state index contributed by atoms with van der Waals surface area (Å²) in [5.74, 6) is -0.213. The summed E-state index contributed by atoms with van der Waals surface area (Å²) in [6.45, 7) is 1.76. The molecule has 18 heavy (non-hydrogen) atoms. The van der Waals surface area contributed by atoms with Crippen molar-refractivity contribution < 1.29 is 9.21 Å². The summed E-state index contributed by atoms with van der Waals surface area (Å²) in [7, 11) is 0. The summed E-state index contributed by atoms with van der Waals surface area (Å²) in [4.78, 5) is 15.8. The highest BCUT2D eigenvalue weighted by Gasteiger charge is 2.09. The van der Waals surface area contributed by atoms with Crippen LogP contribution in [0.2, 0.25) is 0 Å². The molecule has 0 saturated carbocycles. The molecular weight excluding hydrogens is 298 g/mol. The van der Waals surface area contributed by atoms with Crippen LogP contribution in [0.4, 0.5) is 0 Å². The molecule has 0 aromatic carbocycles. The summed E-state index contributed by atoms with van der Waals surface area (Å²) < 4.78 is 5.60. The average molecular weight is 308 g/mol. The fourth-order valence-electron chi connectivity index (χ4n) is 1.26. The lowest BCUT2D eigenvalue weighted by Gasteiger charge is -2.00. The Morgan fingerprint density at radius 2 is 2.22 bits per heavy atom. The van der Waals surface area contributed by atoms with Gasteiger partial charge in [0.15, 0.2) is 10.4 Å². The van der Waals surface area contributed by atoms with Crippen LogP contribution < -0.4 is 5.43 Å². The van der Waals surface area contributed by atoms with Crippen molar-refractivity contribution in [2.24, 2.45) is 5.10 Å². The lowest BCUT2D eigenvalue weighted by Crippen LogP contribution is -2.18. The molecule has 0 aliphatic carbocycles. The van der Waals surface area contributed by atoms with Crippen LogP contribution in [0.1, 0.15) is 23.2 Å². The lowest BCUT2D eigenvalue weighted by molar-refractivity contribution is 0.0926. The zero-order valence-electron chi connectivity index (χ0n) is 9.55. The molecule has 0 radical (unpaired) electrons. The second-order valence-electron chi connectivity index (χ2n) is 3.46. The number of pyridine rings is 1. The van der Waals surface area contributed by atoms with Crippen LogP contribution in [-0.4, -0.2) is 16.6 Å². The second-order valence-corrected chi connectivity index (χ2v) is 4.24. The van der Waals surface area contributed by atoms with Gasteiger partial charge >= 0.3 is 5.91 Å². The van der Waals surface area contributed by atoms with E-state index in [4.69, 9.17) is 4.42 Å². The molecule has 0 atom stereocenters. The fraction of sp³-hybridized carbons (Fsp3) is 0.0833. The van der Waals surface area contributed by atoms with Gasteiger partial charge in [-0.1, -0.05) is 6.07 Å². The minimum absolute atomic E-state index is 0.194. The molecule has 1 amide bonds. The first-order valence-electron chi connectivity index (χ1n) is 5.18. The predicted molar refractivity (Wildman–Crippen MR) is 70.3 cm³/mol. The molecule has 0 spiro atoms. The molecule has 0 bridgehead atoms. The van der Waals surface area contributed by atoms with Crippen LogP contribution in [-0.2, 0) is 0 Å². The second kappa shape index (κ2) is 5.59. The van der Waals surface area contributed by atoms with Crippen molar-refractivity contribution in [3.63, 3.8) is 0 Å². The van der Waals surface area contributed by atoms with Crippen molar-refractivity contribution in [3.8, 4) is 0 Å². The third-order valence-corrected chi connectivity index (χ3v) is 2.58. The molecule has 2 aromatic heterocycles. The number of rotatable bonds is 3. The minimum Gasteiger partial charge on any atom is -0.444 e. The van der Waals surface area contributed by atoms with Crippen molar-refractivity contribution >= 4 is 27.5 Å². The van der Waals surface area contributed by atoms with E-state index in [1.54, 1.807) is 25.3 Å². The predicted octanol–water partition coefficient (Wildman–Crippen LogP) is 2.59. The lowest BCUT2D eigenvalue weighted by atomic mass is 10.3. The fourth-order valence-corrected chi connectivity index (χ4v) is 1.57. The topological polar surface area (TPSA) is 67.5 Å². The Bertz CT molecular complexity index is 578. The molecule has 0 aliphatic rings. The molecule has 6 heteroatoms. The van der Waals surface area contributed by atoms with Gasteiger partial charge in [-0.25, -0.2) is 5.43 Å². The Labute approximate surface area is 112 Å². The van der Waals surface area contributed by atoms with Gasteiger partial charge in [-0.05, 0) is 47.1 Å². The zero-order chi connectivity index (χ0) is 13.0. The number of furan rings is 1. The number of nitrogens with one attached hydrogen (secondary N) is 1. The largest absolute Gasteiger partial charge is 0.444 e. The summed E-state index contributed by atoms with van der Waals surface area (Å²) in [5, 5.41) is 3.96. The average Bonchev–Trinajstić information content (AvgIpc) is 2.83. The SMILES string of the molecule is C/C(=N/NC(=O)c1ccc(Br)o1)c1ccccn1. The Balaban J connectivity index is 2.05. The summed E-state index contributed by atoms with van der Waals surface area (Å²) in [6.07, 6.45) is 1.67. The van der Waals surface area contributed by atoms with E-state index in [0.29, 0.717) is 16.1 Å². The van der Waals surface area contributed by atoms with Crippen LogP contribution in [0.15, 0.2) is 50.7 Å². The first-order chi connectivity index (χ1) is 8.66. The van der Waals surface area contributed by atoms with Crippen molar-refractivity contribution in [1.29, 1.82) is 0 Å². The zero-order valence-corrected chi connectivity index (χ0v) is 11.1. The van der Waals surface area contributed by atoms with Gasteiger partial charge in [0.25, 0.3) is 0 Å². The van der Waals surface area contributed by atoms with Crippen molar-refractivity contribution in [2.45, 2.75) is 6.92 Å². The molecule has 2 rings (SSSR count). The minimum atomic E-state index is -0.406. The van der Waals surface area contributed by atoms with Gasteiger partial charge in [-0.15, -0.1) is 0 Å². The van der Waals surface area contributed by atoms with E-state index in [0.717, 1.165) is 0 Å². The van der Waals surface area contributed by atoms with Gasteiger partial charge in [0.2, 0.25) is 0 Å². The number of hydrogen-bond donors (Lipinski definition) is 1. The summed E-state index contributed by atoms with van der Waals surface area (Å²) in [5.41, 5.74) is 3.73. The Morgan fingerprint density at radius 3 is 2.83 bits per heavy atom. The van der Waals surface area contributed by atoms with Crippen LogP contribution in [0.5, 0.6) is 0 Å².